The van der Waals surface area contributed by atoms with Gasteiger partial charge in [0.25, 0.3) is 0 Å². The highest BCUT2D eigenvalue weighted by Gasteiger charge is 2.51. The standard InChI is InChI=1S/C10H10FNOS/c11-8-5-6(14)1-2-7(8)10(3-4-10)9(12)13/h1-2,5,14H,3-4H2,(H2,12,13). The maximum Gasteiger partial charge on any atom is 0.228 e. The van der Waals surface area contributed by atoms with Crippen LogP contribution in [0.3, 0.4) is 0 Å². The zero-order chi connectivity index (χ0) is 10.3. The summed E-state index contributed by atoms with van der Waals surface area (Å²) in [5, 5.41) is 0. The number of hydrogen-bond acceptors (Lipinski definition) is 2. The van der Waals surface area contributed by atoms with Crippen molar-refractivity contribution in [3.8, 4) is 0 Å². The number of carbonyl (C=O) groups excluding carboxylic acids is 1. The van der Waals surface area contributed by atoms with Crippen molar-refractivity contribution in [3.05, 3.63) is 29.6 Å². The summed E-state index contributed by atoms with van der Waals surface area (Å²) in [6, 6.07) is 4.57. The molecule has 14 heavy (non-hydrogen) atoms. The molecule has 1 amide bonds. The van der Waals surface area contributed by atoms with E-state index < -0.39 is 17.1 Å². The third-order valence-corrected chi connectivity index (χ3v) is 2.97. The fourth-order valence-electron chi connectivity index (χ4n) is 1.67. The Morgan fingerprint density at radius 2 is 2.14 bits per heavy atom. The summed E-state index contributed by atoms with van der Waals surface area (Å²) in [6.45, 7) is 0. The van der Waals surface area contributed by atoms with Crippen molar-refractivity contribution < 1.29 is 9.18 Å². The molecule has 1 aromatic carbocycles. The number of primary amides is 1. The molecule has 1 fully saturated rings. The van der Waals surface area contributed by atoms with Crippen LogP contribution in [-0.2, 0) is 10.2 Å². The predicted molar refractivity (Wildman–Crippen MR) is 53.8 cm³/mol. The number of amides is 1. The van der Waals surface area contributed by atoms with Gasteiger partial charge >= 0.3 is 0 Å². The van der Waals surface area contributed by atoms with E-state index in [4.69, 9.17) is 5.73 Å². The van der Waals surface area contributed by atoms with Crippen molar-refractivity contribution in [3.63, 3.8) is 0 Å². The summed E-state index contributed by atoms with van der Waals surface area (Å²) in [6.07, 6.45) is 1.29. The second-order valence-electron chi connectivity index (χ2n) is 3.61. The monoisotopic (exact) mass is 211 g/mol. The molecule has 0 bridgehead atoms. The summed E-state index contributed by atoms with van der Waals surface area (Å²) in [5.41, 5.74) is 4.91. The van der Waals surface area contributed by atoms with Gasteiger partial charge in [0.05, 0.1) is 5.41 Å². The maximum atomic E-state index is 13.5. The number of thiol groups is 1. The molecule has 0 spiro atoms. The lowest BCUT2D eigenvalue weighted by Gasteiger charge is -2.12. The van der Waals surface area contributed by atoms with Crippen LogP contribution in [0.5, 0.6) is 0 Å². The van der Waals surface area contributed by atoms with Crippen LogP contribution in [0.1, 0.15) is 18.4 Å². The number of benzene rings is 1. The minimum absolute atomic E-state index is 0.395. The van der Waals surface area contributed by atoms with Crippen LogP contribution in [0, 0.1) is 5.82 Å². The molecule has 0 aromatic heterocycles. The Morgan fingerprint density at radius 3 is 2.57 bits per heavy atom. The van der Waals surface area contributed by atoms with Crippen LogP contribution in [0.15, 0.2) is 23.1 Å². The van der Waals surface area contributed by atoms with Gasteiger partial charge in [-0.25, -0.2) is 4.39 Å². The molecule has 0 aliphatic heterocycles. The highest BCUT2D eigenvalue weighted by molar-refractivity contribution is 7.80. The van der Waals surface area contributed by atoms with Crippen molar-refractivity contribution >= 4 is 18.5 Å². The molecule has 74 valence electrons. The van der Waals surface area contributed by atoms with E-state index in [1.54, 1.807) is 12.1 Å². The smallest absolute Gasteiger partial charge is 0.228 e. The molecule has 4 heteroatoms. The van der Waals surface area contributed by atoms with Gasteiger partial charge in [0, 0.05) is 10.5 Å². The Morgan fingerprint density at radius 1 is 1.50 bits per heavy atom. The normalized spacial score (nSPS) is 17.9. The Bertz CT molecular complexity index is 401. The molecule has 1 aromatic rings. The van der Waals surface area contributed by atoms with Gasteiger partial charge in [-0.3, -0.25) is 4.79 Å². The molecule has 0 atom stereocenters. The van der Waals surface area contributed by atoms with Gasteiger partial charge in [0.1, 0.15) is 5.82 Å². The van der Waals surface area contributed by atoms with Crippen LogP contribution < -0.4 is 5.73 Å². The molecule has 2 nitrogen and oxygen atoms in total. The lowest BCUT2D eigenvalue weighted by atomic mass is 9.95. The Kier molecular flexibility index (Phi) is 2.03. The number of hydrogen-bond donors (Lipinski definition) is 2. The number of halogens is 1. The zero-order valence-corrected chi connectivity index (χ0v) is 8.35. The second kappa shape index (κ2) is 2.98. The topological polar surface area (TPSA) is 43.1 Å². The molecule has 0 radical (unpaired) electrons. The molecule has 1 saturated carbocycles. The molecule has 2 rings (SSSR count). The molecule has 0 unspecified atom stereocenters. The van der Waals surface area contributed by atoms with E-state index in [1.165, 1.54) is 6.07 Å². The van der Waals surface area contributed by atoms with E-state index in [0.717, 1.165) is 0 Å². The lowest BCUT2D eigenvalue weighted by Crippen LogP contribution is -2.29. The van der Waals surface area contributed by atoms with E-state index in [2.05, 4.69) is 12.6 Å². The minimum atomic E-state index is -0.744. The zero-order valence-electron chi connectivity index (χ0n) is 7.46. The lowest BCUT2D eigenvalue weighted by molar-refractivity contribution is -0.120. The first-order valence-electron chi connectivity index (χ1n) is 4.35. The fourth-order valence-corrected chi connectivity index (χ4v) is 1.85. The summed E-state index contributed by atoms with van der Waals surface area (Å²) < 4.78 is 13.5. The number of nitrogens with two attached hydrogens (primary N) is 1. The number of rotatable bonds is 2. The van der Waals surface area contributed by atoms with E-state index in [1.807, 2.05) is 0 Å². The van der Waals surface area contributed by atoms with Crippen LogP contribution in [0.2, 0.25) is 0 Å². The van der Waals surface area contributed by atoms with Gasteiger partial charge < -0.3 is 5.73 Å². The van der Waals surface area contributed by atoms with Crippen molar-refractivity contribution in [2.45, 2.75) is 23.2 Å². The Hall–Kier alpha value is -1.03. The molecular weight excluding hydrogens is 201 g/mol. The Balaban J connectivity index is 2.47. The SMILES string of the molecule is NC(=O)C1(c2ccc(S)cc2F)CC1. The first kappa shape index (κ1) is 9.52. The van der Waals surface area contributed by atoms with E-state index in [0.29, 0.717) is 23.3 Å². The molecule has 1 aliphatic rings. The third kappa shape index (κ3) is 1.30. The van der Waals surface area contributed by atoms with Gasteiger partial charge in [-0.05, 0) is 25.0 Å². The quantitative estimate of drug-likeness (QED) is 0.717. The average molecular weight is 211 g/mol. The highest BCUT2D eigenvalue weighted by Crippen LogP contribution is 2.48. The summed E-state index contributed by atoms with van der Waals surface area (Å²) in [5.74, 6) is -0.836. The fraction of sp³-hybridized carbons (Fsp3) is 0.300. The minimum Gasteiger partial charge on any atom is -0.369 e. The number of carbonyl (C=O) groups is 1. The average Bonchev–Trinajstić information content (AvgIpc) is 2.84. The first-order chi connectivity index (χ1) is 6.56. The highest BCUT2D eigenvalue weighted by atomic mass is 32.1. The van der Waals surface area contributed by atoms with Gasteiger partial charge in [0.15, 0.2) is 0 Å². The van der Waals surface area contributed by atoms with Crippen molar-refractivity contribution in [1.29, 1.82) is 0 Å². The predicted octanol–water partition coefficient (Wildman–Crippen LogP) is 1.63. The van der Waals surface area contributed by atoms with Crippen molar-refractivity contribution in [2.24, 2.45) is 5.73 Å². The first-order valence-corrected chi connectivity index (χ1v) is 4.80. The van der Waals surface area contributed by atoms with Gasteiger partial charge in [-0.15, -0.1) is 12.6 Å². The molecule has 2 N–H and O–H groups in total. The second-order valence-corrected chi connectivity index (χ2v) is 4.13. The summed E-state index contributed by atoms with van der Waals surface area (Å²) in [7, 11) is 0. The van der Waals surface area contributed by atoms with Crippen LogP contribution in [0.4, 0.5) is 4.39 Å². The molecule has 0 saturated heterocycles. The van der Waals surface area contributed by atoms with Gasteiger partial charge in [0.2, 0.25) is 5.91 Å². The largest absolute Gasteiger partial charge is 0.369 e. The third-order valence-electron chi connectivity index (χ3n) is 2.69. The van der Waals surface area contributed by atoms with Crippen LogP contribution >= 0.6 is 12.6 Å². The van der Waals surface area contributed by atoms with Gasteiger partial charge in [-0.2, -0.15) is 0 Å². The van der Waals surface area contributed by atoms with Crippen LogP contribution in [-0.4, -0.2) is 5.91 Å². The summed E-state index contributed by atoms with van der Waals surface area (Å²) >= 11 is 4.01. The van der Waals surface area contributed by atoms with Crippen LogP contribution in [0.25, 0.3) is 0 Å². The van der Waals surface area contributed by atoms with E-state index in [9.17, 15) is 9.18 Å². The van der Waals surface area contributed by atoms with E-state index >= 15 is 0 Å². The van der Waals surface area contributed by atoms with Crippen molar-refractivity contribution in [2.75, 3.05) is 0 Å². The molecule has 1 aliphatic carbocycles. The van der Waals surface area contributed by atoms with Gasteiger partial charge in [-0.1, -0.05) is 6.07 Å². The molecular formula is C10H10FNOS. The summed E-state index contributed by atoms with van der Waals surface area (Å²) in [4.78, 5) is 11.7. The van der Waals surface area contributed by atoms with Crippen molar-refractivity contribution in [1.82, 2.24) is 0 Å². The Labute approximate surface area is 86.7 Å². The maximum absolute atomic E-state index is 13.5. The van der Waals surface area contributed by atoms with E-state index in [-0.39, 0.29) is 0 Å². The molecule has 0 heterocycles.